The van der Waals surface area contributed by atoms with E-state index in [2.05, 4.69) is 10.3 Å². The van der Waals surface area contributed by atoms with Crippen molar-refractivity contribution in [3.8, 4) is 0 Å². The maximum absolute atomic E-state index is 13.0. The average Bonchev–Trinajstić information content (AvgIpc) is 3.08. The van der Waals surface area contributed by atoms with Crippen LogP contribution < -0.4 is 10.2 Å². The highest BCUT2D eigenvalue weighted by atomic mass is 19.4. The molecule has 168 valence electrons. The molecule has 0 aliphatic carbocycles. The van der Waals surface area contributed by atoms with E-state index in [-0.39, 0.29) is 11.1 Å². The molecule has 3 amide bonds. The van der Waals surface area contributed by atoms with Gasteiger partial charge in [-0.05, 0) is 54.6 Å². The maximum atomic E-state index is 13.0. The quantitative estimate of drug-likeness (QED) is 0.420. The largest absolute Gasteiger partial charge is 0.416 e. The number of hydrogen-bond donors (Lipinski definition) is 1. The molecule has 9 heteroatoms. The van der Waals surface area contributed by atoms with Crippen LogP contribution in [0.25, 0.3) is 10.9 Å². The van der Waals surface area contributed by atoms with Crippen molar-refractivity contribution in [1.29, 1.82) is 0 Å². The predicted molar refractivity (Wildman–Crippen MR) is 119 cm³/mol. The Balaban J connectivity index is 1.38. The molecule has 0 saturated carbocycles. The molecular formula is C25H14F3N3O3. The van der Waals surface area contributed by atoms with E-state index in [1.54, 1.807) is 24.3 Å². The van der Waals surface area contributed by atoms with Gasteiger partial charge in [0.15, 0.2) is 0 Å². The first kappa shape index (κ1) is 21.3. The Morgan fingerprint density at radius 3 is 2.12 bits per heavy atom. The number of nitrogens with zero attached hydrogens (tertiary/aromatic N) is 2. The molecule has 0 atom stereocenters. The average molecular weight is 461 g/mol. The summed E-state index contributed by atoms with van der Waals surface area (Å²) in [6.07, 6.45) is -3.19. The summed E-state index contributed by atoms with van der Waals surface area (Å²) in [5.74, 6) is -1.40. The summed E-state index contributed by atoms with van der Waals surface area (Å²) in [6, 6.07) is 17.0. The summed E-state index contributed by atoms with van der Waals surface area (Å²) in [7, 11) is 0. The third-order valence-electron chi connectivity index (χ3n) is 5.50. The van der Waals surface area contributed by atoms with Gasteiger partial charge in [-0.2, -0.15) is 13.2 Å². The normalized spacial score (nSPS) is 13.3. The minimum Gasteiger partial charge on any atom is -0.321 e. The molecule has 0 spiro atoms. The number of fused-ring (bicyclic) bond motifs is 2. The Morgan fingerprint density at radius 1 is 0.853 bits per heavy atom. The first-order valence-corrected chi connectivity index (χ1v) is 10.1. The Kier molecular flexibility index (Phi) is 4.89. The van der Waals surface area contributed by atoms with Gasteiger partial charge in [0.1, 0.15) is 0 Å². The predicted octanol–water partition coefficient (Wildman–Crippen LogP) is 5.31. The van der Waals surface area contributed by atoms with Crippen LogP contribution in [0.1, 0.15) is 36.6 Å². The lowest BCUT2D eigenvalue weighted by Crippen LogP contribution is -2.29. The minimum atomic E-state index is -4.50. The van der Waals surface area contributed by atoms with Crippen molar-refractivity contribution in [2.24, 2.45) is 0 Å². The van der Waals surface area contributed by atoms with E-state index in [1.165, 1.54) is 42.6 Å². The van der Waals surface area contributed by atoms with E-state index in [4.69, 9.17) is 0 Å². The molecule has 1 aromatic heterocycles. The fourth-order valence-corrected chi connectivity index (χ4v) is 3.81. The van der Waals surface area contributed by atoms with Crippen LogP contribution >= 0.6 is 0 Å². The van der Waals surface area contributed by atoms with Crippen molar-refractivity contribution in [2.75, 3.05) is 10.2 Å². The molecule has 0 bridgehead atoms. The number of nitrogens with one attached hydrogen (secondary N) is 1. The molecule has 0 saturated heterocycles. The molecule has 0 fully saturated rings. The molecule has 4 aromatic rings. The molecule has 1 N–H and O–H groups in total. The van der Waals surface area contributed by atoms with Crippen LogP contribution in [-0.2, 0) is 6.18 Å². The summed E-state index contributed by atoms with van der Waals surface area (Å²) in [5, 5.41) is 3.03. The van der Waals surface area contributed by atoms with Crippen LogP contribution in [0, 0.1) is 0 Å². The molecule has 3 aromatic carbocycles. The minimum absolute atomic E-state index is 0.0913. The summed E-state index contributed by atoms with van der Waals surface area (Å²) < 4.78 is 38.9. The zero-order chi connectivity index (χ0) is 24.0. The maximum Gasteiger partial charge on any atom is 0.416 e. The van der Waals surface area contributed by atoms with Gasteiger partial charge in [-0.1, -0.05) is 18.2 Å². The van der Waals surface area contributed by atoms with E-state index in [0.717, 1.165) is 17.0 Å². The van der Waals surface area contributed by atoms with Gasteiger partial charge in [0.05, 0.1) is 33.6 Å². The second kappa shape index (κ2) is 7.80. The number of alkyl halides is 3. The van der Waals surface area contributed by atoms with Gasteiger partial charge in [0.25, 0.3) is 17.7 Å². The Morgan fingerprint density at radius 2 is 1.50 bits per heavy atom. The second-order valence-corrected chi connectivity index (χ2v) is 7.58. The number of imide groups is 1. The van der Waals surface area contributed by atoms with Crippen LogP contribution in [0.4, 0.5) is 24.5 Å². The number of pyridine rings is 1. The lowest BCUT2D eigenvalue weighted by molar-refractivity contribution is -0.137. The monoisotopic (exact) mass is 461 g/mol. The number of rotatable bonds is 3. The fraction of sp³-hybridized carbons (Fsp3) is 0.0400. The number of anilines is 2. The topological polar surface area (TPSA) is 79.4 Å². The number of amides is 3. The number of aromatic nitrogens is 1. The van der Waals surface area contributed by atoms with Gasteiger partial charge in [-0.15, -0.1) is 0 Å². The third kappa shape index (κ3) is 3.57. The number of benzene rings is 3. The van der Waals surface area contributed by atoms with Gasteiger partial charge in [0, 0.05) is 17.1 Å². The van der Waals surface area contributed by atoms with E-state index in [9.17, 15) is 27.6 Å². The summed E-state index contributed by atoms with van der Waals surface area (Å²) in [5.41, 5.74) is 0.732. The van der Waals surface area contributed by atoms with Gasteiger partial charge in [-0.25, -0.2) is 4.90 Å². The van der Waals surface area contributed by atoms with Crippen molar-refractivity contribution in [3.63, 3.8) is 0 Å². The van der Waals surface area contributed by atoms with Crippen molar-refractivity contribution >= 4 is 40.0 Å². The fourth-order valence-electron chi connectivity index (χ4n) is 3.81. The van der Waals surface area contributed by atoms with Crippen molar-refractivity contribution in [2.45, 2.75) is 6.18 Å². The molecule has 0 unspecified atom stereocenters. The van der Waals surface area contributed by atoms with Gasteiger partial charge in [0.2, 0.25) is 0 Å². The van der Waals surface area contributed by atoms with E-state index in [0.29, 0.717) is 27.9 Å². The lowest BCUT2D eigenvalue weighted by atomic mass is 10.1. The molecule has 0 radical (unpaired) electrons. The van der Waals surface area contributed by atoms with Crippen LogP contribution in [0.5, 0.6) is 0 Å². The van der Waals surface area contributed by atoms with E-state index >= 15 is 0 Å². The standard InChI is InChI=1S/C25H14F3N3O3/c26-25(27,28)15-7-10-19-20(11-12-29-21(19)13-15)30-22(32)14-5-8-16(9-6-14)31-23(33)17-3-1-2-4-18(17)24(31)34/h1-13H,(H,29,30,32). The molecule has 1 aliphatic heterocycles. The summed E-state index contributed by atoms with van der Waals surface area (Å²) in [6.45, 7) is 0. The molecule has 2 heterocycles. The number of halogens is 3. The molecule has 1 aliphatic rings. The highest BCUT2D eigenvalue weighted by Crippen LogP contribution is 2.33. The Bertz CT molecular complexity index is 1450. The highest BCUT2D eigenvalue weighted by molar-refractivity contribution is 6.34. The number of hydrogen-bond acceptors (Lipinski definition) is 4. The third-order valence-corrected chi connectivity index (χ3v) is 5.50. The van der Waals surface area contributed by atoms with Crippen molar-refractivity contribution in [1.82, 2.24) is 4.98 Å². The smallest absolute Gasteiger partial charge is 0.321 e. The number of carbonyl (C=O) groups excluding carboxylic acids is 3. The zero-order valence-electron chi connectivity index (χ0n) is 17.3. The van der Waals surface area contributed by atoms with Crippen LogP contribution in [-0.4, -0.2) is 22.7 Å². The molecule has 5 rings (SSSR count). The Hall–Kier alpha value is -4.53. The highest BCUT2D eigenvalue weighted by Gasteiger charge is 2.36. The van der Waals surface area contributed by atoms with E-state index in [1.807, 2.05) is 0 Å². The van der Waals surface area contributed by atoms with Crippen LogP contribution in [0.2, 0.25) is 0 Å². The van der Waals surface area contributed by atoms with Gasteiger partial charge >= 0.3 is 6.18 Å². The molecule has 6 nitrogen and oxygen atoms in total. The van der Waals surface area contributed by atoms with Gasteiger partial charge in [-0.3, -0.25) is 19.4 Å². The molecule has 34 heavy (non-hydrogen) atoms. The van der Waals surface area contributed by atoms with E-state index < -0.39 is 29.5 Å². The molecular weight excluding hydrogens is 447 g/mol. The van der Waals surface area contributed by atoms with Gasteiger partial charge < -0.3 is 5.32 Å². The van der Waals surface area contributed by atoms with Crippen LogP contribution in [0.3, 0.4) is 0 Å². The summed E-state index contributed by atoms with van der Waals surface area (Å²) in [4.78, 5) is 43.0. The van der Waals surface area contributed by atoms with Crippen LogP contribution in [0.15, 0.2) is 79.0 Å². The van der Waals surface area contributed by atoms with Crippen molar-refractivity contribution < 1.29 is 27.6 Å². The van der Waals surface area contributed by atoms with Crippen molar-refractivity contribution in [3.05, 3.63) is 101 Å². The first-order valence-electron chi connectivity index (χ1n) is 10.1. The SMILES string of the molecule is O=C(Nc1ccnc2cc(C(F)(F)F)ccc12)c1ccc(N2C(=O)c3ccccc3C2=O)cc1. The lowest BCUT2D eigenvalue weighted by Gasteiger charge is -2.14. The first-order chi connectivity index (χ1) is 16.2. The number of carbonyl (C=O) groups is 3. The second-order valence-electron chi connectivity index (χ2n) is 7.58. The zero-order valence-corrected chi connectivity index (χ0v) is 17.3. The summed E-state index contributed by atoms with van der Waals surface area (Å²) >= 11 is 0. The Labute approximate surface area is 190 Å².